The predicted octanol–water partition coefficient (Wildman–Crippen LogP) is 2.37. The molecule has 0 fully saturated rings. The summed E-state index contributed by atoms with van der Waals surface area (Å²) in [5, 5.41) is 42.1. The van der Waals surface area contributed by atoms with Gasteiger partial charge in [0.05, 0.1) is 33.7 Å². The number of aromatic nitrogens is 3. The number of benzene rings is 2. The first kappa shape index (κ1) is 23.0. The molecule has 2 aromatic carbocycles. The summed E-state index contributed by atoms with van der Waals surface area (Å²) < 4.78 is 1.81. The molecular weight excluding hydrogens is 500 g/mol. The van der Waals surface area contributed by atoms with Crippen LogP contribution in [0.15, 0.2) is 71.3 Å². The number of hydrogen-bond acceptors (Lipinski definition) is 9. The van der Waals surface area contributed by atoms with Crippen LogP contribution in [0.25, 0.3) is 39.3 Å². The minimum atomic E-state index is -0.859. The minimum absolute atomic E-state index is 0.0179. The molecule has 0 aliphatic carbocycles. The van der Waals surface area contributed by atoms with Crippen molar-refractivity contribution in [1.29, 1.82) is 10.5 Å². The van der Waals surface area contributed by atoms with Gasteiger partial charge >= 0.3 is 0 Å². The number of hydrogen-bond donors (Lipinski definition) is 3. The Balaban J connectivity index is 1.68. The van der Waals surface area contributed by atoms with E-state index in [9.17, 15) is 25.5 Å². The third kappa shape index (κ3) is 3.25. The molecule has 0 amide bonds. The van der Waals surface area contributed by atoms with E-state index in [1.54, 1.807) is 54.9 Å². The largest absolute Gasteiger partial charge is 0.506 e. The summed E-state index contributed by atoms with van der Waals surface area (Å²) >= 11 is 1.09. The van der Waals surface area contributed by atoms with Gasteiger partial charge in [0.15, 0.2) is 0 Å². The Morgan fingerprint density at radius 2 is 1.55 bits per heavy atom. The van der Waals surface area contributed by atoms with E-state index < -0.39 is 11.5 Å². The molecule has 6 rings (SSSR count). The van der Waals surface area contributed by atoms with Gasteiger partial charge in [-0.05, 0) is 41.5 Å². The van der Waals surface area contributed by atoms with Crippen molar-refractivity contribution in [2.45, 2.75) is 5.92 Å². The van der Waals surface area contributed by atoms with Gasteiger partial charge in [-0.25, -0.2) is 0 Å². The highest BCUT2D eigenvalue weighted by atomic mass is 32.1. The average molecular weight is 517 g/mol. The minimum Gasteiger partial charge on any atom is -0.506 e. The van der Waals surface area contributed by atoms with E-state index in [1.807, 2.05) is 0 Å². The Kier molecular flexibility index (Phi) is 5.19. The number of nitrogens with two attached hydrogens (primary N) is 1. The van der Waals surface area contributed by atoms with E-state index >= 15 is 0 Å². The topological polar surface area (TPSA) is 162 Å². The van der Waals surface area contributed by atoms with Gasteiger partial charge in [-0.2, -0.15) is 10.5 Å². The van der Waals surface area contributed by atoms with Crippen molar-refractivity contribution in [3.8, 4) is 23.6 Å². The lowest BCUT2D eigenvalue weighted by Gasteiger charge is -2.23. The van der Waals surface area contributed by atoms with Crippen molar-refractivity contribution in [1.82, 2.24) is 14.5 Å². The lowest BCUT2D eigenvalue weighted by molar-refractivity contribution is 0.479. The van der Waals surface area contributed by atoms with Gasteiger partial charge in [0.1, 0.15) is 33.0 Å². The smallest absolute Gasteiger partial charge is 0.274 e. The number of thiazole rings is 1. The summed E-state index contributed by atoms with van der Waals surface area (Å²) in [7, 11) is 0. The number of fused-ring (bicyclic) bond motifs is 3. The van der Waals surface area contributed by atoms with Crippen molar-refractivity contribution >= 4 is 50.6 Å². The summed E-state index contributed by atoms with van der Waals surface area (Å²) in [6, 6.07) is 17.5. The fraction of sp³-hybridized carbons (Fsp3) is 0.0357. The van der Waals surface area contributed by atoms with E-state index in [1.165, 1.54) is 16.7 Å². The van der Waals surface area contributed by atoms with E-state index in [-0.39, 0.29) is 28.5 Å². The second-order valence-corrected chi connectivity index (χ2v) is 9.60. The first-order valence-electron chi connectivity index (χ1n) is 11.4. The van der Waals surface area contributed by atoms with Crippen molar-refractivity contribution in [2.75, 3.05) is 0 Å². The quantitative estimate of drug-likeness (QED) is 0.322. The predicted molar refractivity (Wildman–Crippen MR) is 143 cm³/mol. The van der Waals surface area contributed by atoms with Crippen LogP contribution >= 0.6 is 11.3 Å². The maximum atomic E-state index is 13.5. The highest BCUT2D eigenvalue weighted by Crippen LogP contribution is 2.40. The molecule has 182 valence electrons. The second kappa shape index (κ2) is 8.59. The molecule has 1 atom stereocenters. The molecule has 3 aromatic heterocycles. The number of nitrogens with zero attached hydrogens (tertiary/aromatic N) is 5. The molecule has 0 saturated heterocycles. The molecule has 1 unspecified atom stereocenters. The monoisotopic (exact) mass is 516 g/mol. The maximum Gasteiger partial charge on any atom is 0.274 e. The third-order valence-electron chi connectivity index (χ3n) is 6.55. The average Bonchev–Trinajstić information content (AvgIpc) is 3.26. The molecule has 4 heterocycles. The molecule has 9 nitrogen and oxygen atoms in total. The maximum absolute atomic E-state index is 13.5. The Labute approximate surface area is 218 Å². The molecule has 10 heteroatoms. The second-order valence-electron chi connectivity index (χ2n) is 8.57. The Hall–Kier alpha value is -5.45. The summed E-state index contributed by atoms with van der Waals surface area (Å²) in [5.41, 5.74) is 8.12. The third-order valence-corrected chi connectivity index (χ3v) is 7.66. The van der Waals surface area contributed by atoms with Gasteiger partial charge in [-0.1, -0.05) is 24.3 Å². The van der Waals surface area contributed by atoms with Crippen LogP contribution in [0, 0.1) is 22.7 Å². The van der Waals surface area contributed by atoms with Gasteiger partial charge < -0.3 is 15.9 Å². The van der Waals surface area contributed by atoms with Crippen LogP contribution in [-0.4, -0.2) is 24.7 Å². The molecule has 5 aromatic rings. The zero-order valence-electron chi connectivity index (χ0n) is 19.5. The van der Waals surface area contributed by atoms with Crippen molar-refractivity contribution in [3.05, 3.63) is 97.2 Å². The summed E-state index contributed by atoms with van der Waals surface area (Å²) in [4.78, 5) is 22.0. The standard InChI is InChI=1S/C28H16N6O3S/c29-12-18-23(16-6-8-21(36)25-17(16)4-2-10-33-25)19(13-30)28-34(26(18)31)27(37)22(38-28)11-14-5-7-20(35)24-15(14)3-1-9-32-24/h1-11,23,35-36H,31H2/b22-11+. The molecule has 0 bridgehead atoms. The summed E-state index contributed by atoms with van der Waals surface area (Å²) in [5.74, 6) is -0.935. The number of aromatic hydroxyl groups is 2. The number of phenols is 2. The van der Waals surface area contributed by atoms with Gasteiger partial charge in [0.2, 0.25) is 0 Å². The highest BCUT2D eigenvalue weighted by molar-refractivity contribution is 7.07. The SMILES string of the molecule is N#CC1=C(N)n2c(s/c(=C/c3ccc(O)c4ncccc34)c2=O)=C(C#N)C1c1ccc(O)c2ncccc12. The Bertz CT molecular complexity index is 2130. The van der Waals surface area contributed by atoms with Crippen LogP contribution in [0.1, 0.15) is 17.0 Å². The fourth-order valence-corrected chi connectivity index (χ4v) is 5.96. The van der Waals surface area contributed by atoms with Gasteiger partial charge in [0, 0.05) is 23.2 Å². The molecular formula is C28H16N6O3S. The molecule has 4 N–H and O–H groups in total. The lowest BCUT2D eigenvalue weighted by atomic mass is 9.82. The molecule has 1 aliphatic rings. The summed E-state index contributed by atoms with van der Waals surface area (Å²) in [6.45, 7) is 0. The number of allylic oxidation sites excluding steroid dienone is 1. The molecule has 0 spiro atoms. The Morgan fingerprint density at radius 1 is 0.921 bits per heavy atom. The van der Waals surface area contributed by atoms with Crippen LogP contribution in [0.3, 0.4) is 0 Å². The van der Waals surface area contributed by atoms with E-state index in [2.05, 4.69) is 22.1 Å². The number of phenolic OH excluding ortho intramolecular Hbond substituents is 2. The molecule has 1 aliphatic heterocycles. The summed E-state index contributed by atoms with van der Waals surface area (Å²) in [6.07, 6.45) is 4.76. The Morgan fingerprint density at radius 3 is 2.24 bits per heavy atom. The van der Waals surface area contributed by atoms with E-state index in [0.29, 0.717) is 42.1 Å². The van der Waals surface area contributed by atoms with Gasteiger partial charge in [-0.3, -0.25) is 19.3 Å². The van der Waals surface area contributed by atoms with Crippen LogP contribution < -0.4 is 20.5 Å². The van der Waals surface area contributed by atoms with Crippen LogP contribution in [-0.2, 0) is 0 Å². The van der Waals surface area contributed by atoms with Crippen LogP contribution in [0.2, 0.25) is 0 Å². The lowest BCUT2D eigenvalue weighted by Crippen LogP contribution is -2.38. The zero-order valence-corrected chi connectivity index (χ0v) is 20.3. The first-order chi connectivity index (χ1) is 18.4. The van der Waals surface area contributed by atoms with Crippen LogP contribution in [0.5, 0.6) is 11.5 Å². The van der Waals surface area contributed by atoms with Crippen molar-refractivity contribution < 1.29 is 10.2 Å². The van der Waals surface area contributed by atoms with Crippen LogP contribution in [0.4, 0.5) is 0 Å². The highest BCUT2D eigenvalue weighted by Gasteiger charge is 2.33. The fourth-order valence-electron chi connectivity index (χ4n) is 4.84. The number of pyridine rings is 2. The van der Waals surface area contributed by atoms with E-state index in [0.717, 1.165) is 11.3 Å². The normalized spacial score (nSPS) is 15.5. The van der Waals surface area contributed by atoms with Gasteiger partial charge in [0.25, 0.3) is 5.56 Å². The van der Waals surface area contributed by atoms with E-state index in [4.69, 9.17) is 5.73 Å². The number of nitriles is 2. The molecule has 0 radical (unpaired) electrons. The molecule has 0 saturated carbocycles. The van der Waals surface area contributed by atoms with Crippen molar-refractivity contribution in [2.24, 2.45) is 5.73 Å². The zero-order chi connectivity index (χ0) is 26.6. The van der Waals surface area contributed by atoms with Gasteiger partial charge in [-0.15, -0.1) is 11.3 Å². The first-order valence-corrected chi connectivity index (χ1v) is 12.2. The molecule has 38 heavy (non-hydrogen) atoms. The van der Waals surface area contributed by atoms with Crippen molar-refractivity contribution in [3.63, 3.8) is 0 Å². The number of rotatable bonds is 2.